The van der Waals surface area contributed by atoms with E-state index in [1.54, 1.807) is 12.1 Å². The second-order valence-electron chi connectivity index (χ2n) is 6.52. The van der Waals surface area contributed by atoms with Crippen LogP contribution in [0.2, 0.25) is 5.02 Å². The maximum atomic E-state index is 12.3. The van der Waals surface area contributed by atoms with E-state index in [1.807, 2.05) is 48.5 Å². The van der Waals surface area contributed by atoms with E-state index in [4.69, 9.17) is 16.7 Å². The summed E-state index contributed by atoms with van der Waals surface area (Å²) in [5.74, 6) is 0. The van der Waals surface area contributed by atoms with Gasteiger partial charge in [-0.1, -0.05) is 65.8 Å². The Morgan fingerprint density at radius 3 is 2.34 bits per heavy atom. The molecule has 0 fully saturated rings. The van der Waals surface area contributed by atoms with E-state index in [0.29, 0.717) is 6.42 Å². The molecule has 150 valence electrons. The van der Waals surface area contributed by atoms with Crippen molar-refractivity contribution in [2.45, 2.75) is 29.1 Å². The van der Waals surface area contributed by atoms with Crippen LogP contribution in [-0.4, -0.2) is 13.5 Å². The van der Waals surface area contributed by atoms with Crippen molar-refractivity contribution >= 4 is 38.5 Å². The third-order valence-corrected chi connectivity index (χ3v) is 6.59. The van der Waals surface area contributed by atoms with Gasteiger partial charge in [0, 0.05) is 16.3 Å². The van der Waals surface area contributed by atoms with Crippen LogP contribution in [0.5, 0.6) is 0 Å². The minimum atomic E-state index is -3.71. The summed E-state index contributed by atoms with van der Waals surface area (Å²) in [6, 6.07) is 21.6. The minimum Gasteiger partial charge on any atom is -0.287 e. The van der Waals surface area contributed by atoms with E-state index in [0.717, 1.165) is 39.5 Å². The van der Waals surface area contributed by atoms with Crippen molar-refractivity contribution in [2.75, 3.05) is 0 Å². The number of hydrogen-bond donors (Lipinski definition) is 1. The Balaban J connectivity index is 1.60. The van der Waals surface area contributed by atoms with Crippen LogP contribution in [0.3, 0.4) is 0 Å². The highest BCUT2D eigenvalue weighted by molar-refractivity contribution is 8.13. The number of thioether (sulfide) groups is 1. The fourth-order valence-electron chi connectivity index (χ4n) is 2.88. The Bertz CT molecular complexity index is 1110. The Kier molecular flexibility index (Phi) is 7.14. The van der Waals surface area contributed by atoms with Crippen LogP contribution in [0.4, 0.5) is 0 Å². The highest BCUT2D eigenvalue weighted by Crippen LogP contribution is 2.28. The predicted molar refractivity (Wildman–Crippen MR) is 119 cm³/mol. The van der Waals surface area contributed by atoms with Crippen molar-refractivity contribution in [1.82, 2.24) is 0 Å². The molecule has 0 heterocycles. The van der Waals surface area contributed by atoms with E-state index < -0.39 is 10.0 Å². The Labute approximate surface area is 180 Å². The molecule has 0 aromatic heterocycles. The van der Waals surface area contributed by atoms with E-state index in [9.17, 15) is 13.2 Å². The van der Waals surface area contributed by atoms with Crippen molar-refractivity contribution < 1.29 is 13.2 Å². The SMILES string of the molecule is NS(=O)(=O)c1ccc(-c2cccc(SC(=O)CCCc3ccccc3Cl)c2)cc1. The van der Waals surface area contributed by atoms with Crippen molar-refractivity contribution in [1.29, 1.82) is 0 Å². The van der Waals surface area contributed by atoms with Crippen LogP contribution in [0.25, 0.3) is 11.1 Å². The minimum absolute atomic E-state index is 0.0699. The molecule has 0 amide bonds. The molecule has 4 nitrogen and oxygen atoms in total. The zero-order chi connectivity index (χ0) is 20.9. The second kappa shape index (κ2) is 9.59. The zero-order valence-electron chi connectivity index (χ0n) is 15.5. The van der Waals surface area contributed by atoms with Gasteiger partial charge in [-0.05, 0) is 59.9 Å². The maximum absolute atomic E-state index is 12.3. The molecule has 0 saturated heterocycles. The maximum Gasteiger partial charge on any atom is 0.238 e. The lowest BCUT2D eigenvalue weighted by atomic mass is 10.1. The first-order chi connectivity index (χ1) is 13.8. The molecular weight excluding hydrogens is 426 g/mol. The first kappa shape index (κ1) is 21.6. The van der Waals surface area contributed by atoms with E-state index in [1.165, 1.54) is 23.9 Å². The molecule has 0 bridgehead atoms. The molecule has 7 heteroatoms. The number of halogens is 1. The quantitative estimate of drug-likeness (QED) is 0.501. The molecular formula is C22H20ClNO3S2. The molecule has 0 spiro atoms. The predicted octanol–water partition coefficient (Wildman–Crippen LogP) is 5.30. The third kappa shape index (κ3) is 6.18. The van der Waals surface area contributed by atoms with Crippen molar-refractivity contribution in [3.8, 4) is 11.1 Å². The molecule has 3 aromatic carbocycles. The number of nitrogens with two attached hydrogens (primary N) is 1. The Morgan fingerprint density at radius 2 is 1.66 bits per heavy atom. The van der Waals surface area contributed by atoms with E-state index >= 15 is 0 Å². The molecule has 29 heavy (non-hydrogen) atoms. The topological polar surface area (TPSA) is 77.2 Å². The molecule has 3 rings (SSSR count). The van der Waals surface area contributed by atoms with Gasteiger partial charge < -0.3 is 0 Å². The summed E-state index contributed by atoms with van der Waals surface area (Å²) in [6.45, 7) is 0. The van der Waals surface area contributed by atoms with Gasteiger partial charge in [-0.25, -0.2) is 13.6 Å². The fraction of sp³-hybridized carbons (Fsp3) is 0.136. The lowest BCUT2D eigenvalue weighted by Crippen LogP contribution is -2.11. The number of sulfonamides is 1. The van der Waals surface area contributed by atoms with Gasteiger partial charge in [0.25, 0.3) is 0 Å². The van der Waals surface area contributed by atoms with Crippen LogP contribution in [0, 0.1) is 0 Å². The fourth-order valence-corrected chi connectivity index (χ4v) is 4.47. The summed E-state index contributed by atoms with van der Waals surface area (Å²) in [7, 11) is -3.71. The standard InChI is InChI=1S/C22H20ClNO3S2/c23-21-9-2-1-5-17(21)6-4-10-22(25)28-19-8-3-7-18(15-19)16-11-13-20(14-12-16)29(24,26)27/h1-3,5,7-9,11-15H,4,6,10H2,(H2,24,26,27). The summed E-state index contributed by atoms with van der Waals surface area (Å²) >= 11 is 7.36. The van der Waals surface area contributed by atoms with Crippen molar-refractivity contribution in [2.24, 2.45) is 5.14 Å². The highest BCUT2D eigenvalue weighted by Gasteiger charge is 2.10. The molecule has 0 radical (unpaired) electrons. The van der Waals surface area contributed by atoms with Gasteiger partial charge in [0.2, 0.25) is 10.0 Å². The summed E-state index contributed by atoms with van der Waals surface area (Å²) in [4.78, 5) is 13.3. The number of hydrogen-bond acceptors (Lipinski definition) is 4. The summed E-state index contributed by atoms with van der Waals surface area (Å²) in [6.07, 6.45) is 1.97. The average molecular weight is 446 g/mol. The molecule has 0 aliphatic heterocycles. The van der Waals surface area contributed by atoms with Crippen LogP contribution in [0.1, 0.15) is 18.4 Å². The number of rotatable bonds is 7. The molecule has 2 N–H and O–H groups in total. The lowest BCUT2D eigenvalue weighted by molar-refractivity contribution is -0.111. The van der Waals surface area contributed by atoms with Crippen molar-refractivity contribution in [3.05, 3.63) is 83.4 Å². The molecule has 0 atom stereocenters. The molecule has 3 aromatic rings. The number of carbonyl (C=O) groups is 1. The van der Waals surface area contributed by atoms with Gasteiger partial charge >= 0.3 is 0 Å². The Morgan fingerprint density at radius 1 is 0.931 bits per heavy atom. The van der Waals surface area contributed by atoms with E-state index in [-0.39, 0.29) is 10.0 Å². The molecule has 0 aliphatic carbocycles. The second-order valence-corrected chi connectivity index (χ2v) is 9.62. The average Bonchev–Trinajstić information content (AvgIpc) is 2.69. The normalized spacial score (nSPS) is 11.4. The molecule has 0 aliphatic rings. The van der Waals surface area contributed by atoms with Crippen LogP contribution >= 0.6 is 23.4 Å². The van der Waals surface area contributed by atoms with Gasteiger partial charge in [0.1, 0.15) is 0 Å². The van der Waals surface area contributed by atoms with Crippen LogP contribution < -0.4 is 5.14 Å². The molecule has 0 unspecified atom stereocenters. The van der Waals surface area contributed by atoms with Gasteiger partial charge in [0.15, 0.2) is 5.12 Å². The Hall–Kier alpha value is -2.12. The summed E-state index contributed by atoms with van der Waals surface area (Å²) < 4.78 is 22.8. The number of benzene rings is 3. The van der Waals surface area contributed by atoms with Gasteiger partial charge in [-0.2, -0.15) is 0 Å². The lowest BCUT2D eigenvalue weighted by Gasteiger charge is -2.07. The number of aryl methyl sites for hydroxylation is 1. The molecule has 0 saturated carbocycles. The van der Waals surface area contributed by atoms with Crippen LogP contribution in [0.15, 0.2) is 82.6 Å². The van der Waals surface area contributed by atoms with Gasteiger partial charge in [0.05, 0.1) is 4.90 Å². The first-order valence-corrected chi connectivity index (χ1v) is 11.7. The summed E-state index contributed by atoms with van der Waals surface area (Å²) in [5, 5.41) is 5.96. The smallest absolute Gasteiger partial charge is 0.238 e. The van der Waals surface area contributed by atoms with E-state index in [2.05, 4.69) is 0 Å². The highest BCUT2D eigenvalue weighted by atomic mass is 35.5. The monoisotopic (exact) mass is 445 g/mol. The third-order valence-electron chi connectivity index (χ3n) is 4.37. The van der Waals surface area contributed by atoms with Crippen LogP contribution in [-0.2, 0) is 21.2 Å². The van der Waals surface area contributed by atoms with Gasteiger partial charge in [-0.15, -0.1) is 0 Å². The first-order valence-electron chi connectivity index (χ1n) is 9.00. The zero-order valence-corrected chi connectivity index (χ0v) is 17.9. The van der Waals surface area contributed by atoms with Crippen molar-refractivity contribution in [3.63, 3.8) is 0 Å². The number of carbonyl (C=O) groups excluding carboxylic acids is 1. The number of primary sulfonamides is 1. The van der Waals surface area contributed by atoms with Gasteiger partial charge in [-0.3, -0.25) is 4.79 Å². The largest absolute Gasteiger partial charge is 0.287 e. The summed E-state index contributed by atoms with van der Waals surface area (Å²) in [5.41, 5.74) is 2.81.